The molecule has 0 aliphatic rings. The van der Waals surface area contributed by atoms with Gasteiger partial charge in [-0.1, -0.05) is 0 Å². The first-order chi connectivity index (χ1) is 6.40. The molecule has 0 heterocycles. The molecule has 0 rings (SSSR count). The maximum atomic E-state index is 10.9. The van der Waals surface area contributed by atoms with Crippen molar-refractivity contribution in [1.29, 1.82) is 5.26 Å². The van der Waals surface area contributed by atoms with Crippen molar-refractivity contribution in [3.8, 4) is 6.07 Å². The second kappa shape index (κ2) is 5.21. The van der Waals surface area contributed by atoms with Crippen LogP contribution in [0, 0.1) is 11.3 Å². The zero-order chi connectivity index (χ0) is 11.2. The van der Waals surface area contributed by atoms with Crippen molar-refractivity contribution in [3.63, 3.8) is 0 Å². The molecule has 0 aromatic heterocycles. The number of nitriles is 1. The molecule has 0 radical (unpaired) electrons. The minimum absolute atomic E-state index is 0.0905. The van der Waals surface area contributed by atoms with E-state index < -0.39 is 21.8 Å². The van der Waals surface area contributed by atoms with E-state index in [4.69, 9.17) is 5.26 Å². The maximum absolute atomic E-state index is 10.9. The second-order valence-corrected chi connectivity index (χ2v) is 3.38. The third-order valence-electron chi connectivity index (χ3n) is 0.983. The lowest BCUT2D eigenvalue weighted by Gasteiger charge is -1.99. The Morgan fingerprint density at radius 3 is 2.64 bits per heavy atom. The molecule has 0 amide bonds. The molecule has 0 saturated carbocycles. The fraction of sp³-hybridized carbons (Fsp3) is 0.333. The van der Waals surface area contributed by atoms with E-state index in [0.717, 1.165) is 0 Å². The molecule has 3 N–H and O–H groups in total. The van der Waals surface area contributed by atoms with Crippen LogP contribution in [-0.2, 0) is 19.7 Å². The molecule has 0 spiro atoms. The van der Waals surface area contributed by atoms with Crippen LogP contribution in [0.1, 0.15) is 6.92 Å². The van der Waals surface area contributed by atoms with Gasteiger partial charge in [0.1, 0.15) is 6.07 Å². The molecule has 0 aromatic carbocycles. The van der Waals surface area contributed by atoms with Crippen LogP contribution < -0.4 is 9.86 Å². The number of ether oxygens (including phenoxy) is 1. The molecule has 78 valence electrons. The molecule has 7 nitrogen and oxygen atoms in total. The van der Waals surface area contributed by atoms with Gasteiger partial charge in [0.05, 0.1) is 6.61 Å². The van der Waals surface area contributed by atoms with Gasteiger partial charge in [-0.15, -0.1) is 0 Å². The van der Waals surface area contributed by atoms with E-state index in [1.54, 1.807) is 11.6 Å². The van der Waals surface area contributed by atoms with E-state index in [0.29, 0.717) is 6.20 Å². The SMILES string of the molecule is CCOC(=O)/C(C#N)=C\NS(N)(=O)=O. The zero-order valence-electron chi connectivity index (χ0n) is 7.35. The average Bonchev–Trinajstić information content (AvgIpc) is 2.03. The van der Waals surface area contributed by atoms with E-state index in [2.05, 4.69) is 9.88 Å². The molecule has 8 heteroatoms. The van der Waals surface area contributed by atoms with Crippen LogP contribution in [-0.4, -0.2) is 21.0 Å². The first-order valence-corrected chi connectivity index (χ1v) is 5.02. The van der Waals surface area contributed by atoms with Crippen molar-refractivity contribution in [2.75, 3.05) is 6.61 Å². The standard InChI is InChI=1S/C6H9N3O4S/c1-2-13-6(10)5(3-7)4-9-14(8,11)12/h4,9H,2H2,1H3,(H2,8,11,12)/b5-4-. The number of nitrogens with one attached hydrogen (secondary N) is 1. The highest BCUT2D eigenvalue weighted by Crippen LogP contribution is 1.94. The van der Waals surface area contributed by atoms with Gasteiger partial charge in [0.25, 0.3) is 10.2 Å². The Hall–Kier alpha value is -1.59. The minimum atomic E-state index is -3.96. The largest absolute Gasteiger partial charge is 0.462 e. The van der Waals surface area contributed by atoms with E-state index in [9.17, 15) is 13.2 Å². The summed E-state index contributed by atoms with van der Waals surface area (Å²) in [6, 6.07) is 1.46. The van der Waals surface area contributed by atoms with Crippen LogP contribution in [0.4, 0.5) is 0 Å². The molecule has 0 bridgehead atoms. The third-order valence-corrected chi connectivity index (χ3v) is 1.43. The summed E-state index contributed by atoms with van der Waals surface area (Å²) in [5, 5.41) is 13.0. The Morgan fingerprint density at radius 1 is 1.71 bits per heavy atom. The van der Waals surface area contributed by atoms with Crippen LogP contribution in [0.5, 0.6) is 0 Å². The fourth-order valence-electron chi connectivity index (χ4n) is 0.487. The van der Waals surface area contributed by atoms with E-state index >= 15 is 0 Å². The Morgan fingerprint density at radius 2 is 2.29 bits per heavy atom. The highest BCUT2D eigenvalue weighted by Gasteiger charge is 2.10. The van der Waals surface area contributed by atoms with Gasteiger partial charge in [0, 0.05) is 6.20 Å². The van der Waals surface area contributed by atoms with Crippen molar-refractivity contribution >= 4 is 16.2 Å². The number of esters is 1. The number of hydrogen-bond acceptors (Lipinski definition) is 5. The smallest absolute Gasteiger partial charge is 0.350 e. The Kier molecular flexibility index (Phi) is 4.62. The molecule has 0 unspecified atom stereocenters. The first kappa shape index (κ1) is 12.4. The van der Waals surface area contributed by atoms with Gasteiger partial charge in [-0.05, 0) is 6.92 Å². The summed E-state index contributed by atoms with van der Waals surface area (Å²) in [5.74, 6) is -0.911. The third kappa shape index (κ3) is 5.13. The van der Waals surface area contributed by atoms with Gasteiger partial charge in [0.2, 0.25) is 0 Å². The predicted octanol–water partition coefficient (Wildman–Crippen LogP) is -1.25. The number of hydrogen-bond donors (Lipinski definition) is 2. The van der Waals surface area contributed by atoms with Crippen molar-refractivity contribution in [1.82, 2.24) is 4.72 Å². The lowest BCUT2D eigenvalue weighted by molar-refractivity contribution is -0.138. The molecule has 0 atom stereocenters. The maximum Gasteiger partial charge on any atom is 0.350 e. The summed E-state index contributed by atoms with van der Waals surface area (Å²) in [6.45, 7) is 1.65. The first-order valence-electron chi connectivity index (χ1n) is 3.48. The van der Waals surface area contributed by atoms with Gasteiger partial charge in [-0.2, -0.15) is 13.7 Å². The van der Waals surface area contributed by atoms with Crippen LogP contribution in [0.25, 0.3) is 0 Å². The summed E-state index contributed by atoms with van der Waals surface area (Å²) in [5.41, 5.74) is -0.471. The van der Waals surface area contributed by atoms with Crippen molar-refractivity contribution in [3.05, 3.63) is 11.8 Å². The van der Waals surface area contributed by atoms with Gasteiger partial charge in [-0.3, -0.25) is 4.72 Å². The van der Waals surface area contributed by atoms with Crippen LogP contribution >= 0.6 is 0 Å². The number of nitrogens with two attached hydrogens (primary N) is 1. The number of carbonyl (C=O) groups excluding carboxylic acids is 1. The fourth-order valence-corrected chi connectivity index (χ4v) is 0.769. The van der Waals surface area contributed by atoms with Crippen molar-refractivity contribution in [2.45, 2.75) is 6.92 Å². The Labute approximate surface area is 81.3 Å². The van der Waals surface area contributed by atoms with Crippen LogP contribution in [0.3, 0.4) is 0 Å². The molecule has 0 aliphatic carbocycles. The summed E-state index contributed by atoms with van der Waals surface area (Å²) >= 11 is 0. The molecule has 14 heavy (non-hydrogen) atoms. The summed E-state index contributed by atoms with van der Waals surface area (Å²) in [6.07, 6.45) is 0.674. The summed E-state index contributed by atoms with van der Waals surface area (Å²) in [7, 11) is -3.96. The monoisotopic (exact) mass is 219 g/mol. The number of nitrogens with zero attached hydrogens (tertiary/aromatic N) is 1. The zero-order valence-corrected chi connectivity index (χ0v) is 8.17. The summed E-state index contributed by atoms with van der Waals surface area (Å²) < 4.78 is 26.9. The van der Waals surface area contributed by atoms with Gasteiger partial charge in [0.15, 0.2) is 5.57 Å². The second-order valence-electron chi connectivity index (χ2n) is 2.05. The van der Waals surface area contributed by atoms with Gasteiger partial charge in [-0.25, -0.2) is 9.93 Å². The lowest BCUT2D eigenvalue weighted by Crippen LogP contribution is -2.27. The molecule has 0 saturated heterocycles. The predicted molar refractivity (Wildman–Crippen MR) is 46.6 cm³/mol. The highest BCUT2D eigenvalue weighted by molar-refractivity contribution is 7.87. The van der Waals surface area contributed by atoms with Gasteiger partial charge >= 0.3 is 5.97 Å². The normalized spacial score (nSPS) is 11.6. The van der Waals surface area contributed by atoms with Crippen molar-refractivity contribution in [2.24, 2.45) is 5.14 Å². The topological polar surface area (TPSA) is 122 Å². The van der Waals surface area contributed by atoms with E-state index in [1.807, 2.05) is 0 Å². The Bertz CT molecular complexity index is 378. The lowest BCUT2D eigenvalue weighted by atomic mass is 10.3. The average molecular weight is 219 g/mol. The van der Waals surface area contributed by atoms with E-state index in [1.165, 1.54) is 6.07 Å². The minimum Gasteiger partial charge on any atom is -0.462 e. The Balaban J connectivity index is 4.59. The summed E-state index contributed by atoms with van der Waals surface area (Å²) in [4.78, 5) is 10.9. The van der Waals surface area contributed by atoms with Crippen molar-refractivity contribution < 1.29 is 17.9 Å². The number of carbonyl (C=O) groups is 1. The number of rotatable bonds is 4. The molecule has 0 fully saturated rings. The molecular formula is C6H9N3O4S. The molecular weight excluding hydrogens is 210 g/mol. The molecule has 0 aliphatic heterocycles. The highest BCUT2D eigenvalue weighted by atomic mass is 32.2. The van der Waals surface area contributed by atoms with Crippen LogP contribution in [0.2, 0.25) is 0 Å². The quantitative estimate of drug-likeness (QED) is 0.347. The molecule has 0 aromatic rings. The van der Waals surface area contributed by atoms with E-state index in [-0.39, 0.29) is 6.61 Å². The van der Waals surface area contributed by atoms with Gasteiger partial charge < -0.3 is 4.74 Å². The van der Waals surface area contributed by atoms with Crippen LogP contribution in [0.15, 0.2) is 11.8 Å².